The molecule has 0 aliphatic heterocycles. The van der Waals surface area contributed by atoms with Crippen LogP contribution in [0.5, 0.6) is 6.01 Å². The Morgan fingerprint density at radius 3 is 2.36 bits per heavy atom. The number of aromatic nitrogens is 2. The van der Waals surface area contributed by atoms with Crippen LogP contribution in [0.4, 0.5) is 0 Å². The monoisotopic (exact) mass is 304 g/mol. The van der Waals surface area contributed by atoms with Gasteiger partial charge in [0, 0.05) is 37.6 Å². The number of ether oxygens (including phenoxy) is 1. The second-order valence-corrected chi connectivity index (χ2v) is 5.60. The normalized spacial score (nSPS) is 11.4. The molecule has 2 aromatic heterocycles. The van der Waals surface area contributed by atoms with Crippen molar-refractivity contribution in [3.8, 4) is 6.01 Å². The summed E-state index contributed by atoms with van der Waals surface area (Å²) < 4.78 is 10.7. The fraction of sp³-hybridized carbons (Fsp3) is 0.500. The smallest absolute Gasteiger partial charge is 0.316 e. The van der Waals surface area contributed by atoms with Crippen LogP contribution >= 0.6 is 0 Å². The second-order valence-electron chi connectivity index (χ2n) is 5.60. The lowest BCUT2D eigenvalue weighted by Crippen LogP contribution is -2.31. The van der Waals surface area contributed by atoms with Gasteiger partial charge in [-0.3, -0.25) is 4.90 Å². The zero-order valence-electron chi connectivity index (χ0n) is 13.7. The highest BCUT2D eigenvalue weighted by atomic mass is 16.5. The van der Waals surface area contributed by atoms with Gasteiger partial charge in [-0.1, -0.05) is 0 Å². The fourth-order valence-corrected chi connectivity index (χ4v) is 2.13. The number of nitrogens with zero attached hydrogens (tertiary/aromatic N) is 4. The van der Waals surface area contributed by atoms with Crippen LogP contribution in [-0.4, -0.2) is 54.1 Å². The van der Waals surface area contributed by atoms with E-state index in [1.165, 1.54) is 0 Å². The van der Waals surface area contributed by atoms with Gasteiger partial charge in [-0.15, -0.1) is 0 Å². The SMILES string of the molecule is COc1ncc(CN(CCN(C)C)Cc2ccc(C)o2)cn1. The summed E-state index contributed by atoms with van der Waals surface area (Å²) in [5.74, 6) is 1.92. The predicted molar refractivity (Wildman–Crippen MR) is 84.7 cm³/mol. The van der Waals surface area contributed by atoms with Crippen molar-refractivity contribution in [3.05, 3.63) is 41.6 Å². The minimum atomic E-state index is 0.394. The van der Waals surface area contributed by atoms with E-state index in [1.54, 1.807) is 7.11 Å². The second kappa shape index (κ2) is 7.91. The minimum Gasteiger partial charge on any atom is -0.467 e. The largest absolute Gasteiger partial charge is 0.467 e. The third kappa shape index (κ3) is 5.13. The molecule has 0 bridgehead atoms. The number of hydrogen-bond donors (Lipinski definition) is 0. The summed E-state index contributed by atoms with van der Waals surface area (Å²) in [5.41, 5.74) is 1.06. The molecular weight excluding hydrogens is 280 g/mol. The van der Waals surface area contributed by atoms with Gasteiger partial charge >= 0.3 is 6.01 Å². The maximum atomic E-state index is 5.69. The fourth-order valence-electron chi connectivity index (χ4n) is 2.13. The van der Waals surface area contributed by atoms with Gasteiger partial charge in [-0.2, -0.15) is 0 Å². The lowest BCUT2D eigenvalue weighted by atomic mass is 10.3. The van der Waals surface area contributed by atoms with Crippen LogP contribution in [0, 0.1) is 6.92 Å². The predicted octanol–water partition coefficient (Wildman–Crippen LogP) is 1.95. The molecule has 0 aliphatic carbocycles. The molecule has 0 saturated heterocycles. The molecule has 0 aliphatic rings. The van der Waals surface area contributed by atoms with Gasteiger partial charge in [0.15, 0.2) is 0 Å². The summed E-state index contributed by atoms with van der Waals surface area (Å²) in [7, 11) is 5.72. The molecule has 0 atom stereocenters. The average molecular weight is 304 g/mol. The third-order valence-electron chi connectivity index (χ3n) is 3.31. The molecule has 22 heavy (non-hydrogen) atoms. The zero-order valence-corrected chi connectivity index (χ0v) is 13.7. The van der Waals surface area contributed by atoms with Crippen LogP contribution in [0.25, 0.3) is 0 Å². The minimum absolute atomic E-state index is 0.394. The number of likely N-dealkylation sites (N-methyl/N-ethyl adjacent to an activating group) is 1. The first-order valence-electron chi connectivity index (χ1n) is 7.34. The standard InChI is InChI=1S/C16H24N4O2/c1-13-5-6-15(22-13)12-20(8-7-19(2)3)11-14-9-17-16(21-4)18-10-14/h5-6,9-10H,7-8,11-12H2,1-4H3. The van der Waals surface area contributed by atoms with Crippen molar-refractivity contribution in [3.63, 3.8) is 0 Å². The summed E-state index contributed by atoms with van der Waals surface area (Å²) in [6.45, 7) is 5.44. The summed E-state index contributed by atoms with van der Waals surface area (Å²) >= 11 is 0. The van der Waals surface area contributed by atoms with Crippen LogP contribution in [-0.2, 0) is 13.1 Å². The number of aryl methyl sites for hydroxylation is 1. The molecule has 0 fully saturated rings. The molecule has 2 rings (SSSR count). The Bertz CT molecular complexity index is 566. The number of methoxy groups -OCH3 is 1. The lowest BCUT2D eigenvalue weighted by molar-refractivity contribution is 0.209. The van der Waals surface area contributed by atoms with Crippen molar-refractivity contribution in [2.75, 3.05) is 34.3 Å². The van der Waals surface area contributed by atoms with Gasteiger partial charge < -0.3 is 14.1 Å². The van der Waals surface area contributed by atoms with E-state index in [9.17, 15) is 0 Å². The van der Waals surface area contributed by atoms with E-state index in [4.69, 9.17) is 9.15 Å². The van der Waals surface area contributed by atoms with Crippen LogP contribution < -0.4 is 4.74 Å². The molecule has 0 N–H and O–H groups in total. The number of hydrogen-bond acceptors (Lipinski definition) is 6. The highest BCUT2D eigenvalue weighted by Crippen LogP contribution is 2.12. The molecule has 0 radical (unpaired) electrons. The van der Waals surface area contributed by atoms with Gasteiger partial charge in [-0.25, -0.2) is 9.97 Å². The van der Waals surface area contributed by atoms with Gasteiger partial charge in [0.2, 0.25) is 0 Å². The quantitative estimate of drug-likeness (QED) is 0.743. The Morgan fingerprint density at radius 2 is 1.82 bits per heavy atom. The third-order valence-corrected chi connectivity index (χ3v) is 3.31. The zero-order chi connectivity index (χ0) is 15.9. The van der Waals surface area contributed by atoms with Crippen molar-refractivity contribution >= 4 is 0 Å². The highest BCUT2D eigenvalue weighted by Gasteiger charge is 2.11. The van der Waals surface area contributed by atoms with E-state index in [0.29, 0.717) is 6.01 Å². The Morgan fingerprint density at radius 1 is 1.09 bits per heavy atom. The first-order chi connectivity index (χ1) is 10.6. The van der Waals surface area contributed by atoms with E-state index in [2.05, 4.69) is 33.9 Å². The van der Waals surface area contributed by atoms with Gasteiger partial charge in [0.05, 0.1) is 13.7 Å². The van der Waals surface area contributed by atoms with Crippen molar-refractivity contribution < 1.29 is 9.15 Å². The van der Waals surface area contributed by atoms with Crippen LogP contribution in [0.2, 0.25) is 0 Å². The van der Waals surface area contributed by atoms with Crippen molar-refractivity contribution in [2.24, 2.45) is 0 Å². The van der Waals surface area contributed by atoms with E-state index in [-0.39, 0.29) is 0 Å². The highest BCUT2D eigenvalue weighted by molar-refractivity contribution is 5.09. The Kier molecular flexibility index (Phi) is 5.91. The van der Waals surface area contributed by atoms with E-state index < -0.39 is 0 Å². The molecule has 6 heteroatoms. The molecular formula is C16H24N4O2. The summed E-state index contributed by atoms with van der Waals surface area (Å²) in [4.78, 5) is 12.8. The maximum Gasteiger partial charge on any atom is 0.316 e. The van der Waals surface area contributed by atoms with E-state index in [1.807, 2.05) is 31.5 Å². The molecule has 2 heterocycles. The molecule has 0 spiro atoms. The van der Waals surface area contributed by atoms with Crippen molar-refractivity contribution in [1.29, 1.82) is 0 Å². The summed E-state index contributed by atoms with van der Waals surface area (Å²) in [5, 5.41) is 0. The maximum absolute atomic E-state index is 5.69. The van der Waals surface area contributed by atoms with E-state index in [0.717, 1.165) is 43.3 Å². The van der Waals surface area contributed by atoms with Gasteiger partial charge in [0.25, 0.3) is 0 Å². The molecule has 6 nitrogen and oxygen atoms in total. The average Bonchev–Trinajstić information content (AvgIpc) is 2.90. The van der Waals surface area contributed by atoms with Crippen LogP contribution in [0.15, 0.2) is 28.9 Å². The van der Waals surface area contributed by atoms with Crippen LogP contribution in [0.3, 0.4) is 0 Å². The van der Waals surface area contributed by atoms with Crippen LogP contribution in [0.1, 0.15) is 17.1 Å². The lowest BCUT2D eigenvalue weighted by Gasteiger charge is -2.23. The van der Waals surface area contributed by atoms with Gasteiger partial charge in [-0.05, 0) is 33.2 Å². The number of rotatable bonds is 8. The Labute approximate surface area is 131 Å². The summed E-state index contributed by atoms with van der Waals surface area (Å²) in [6.07, 6.45) is 3.61. The first-order valence-corrected chi connectivity index (χ1v) is 7.34. The van der Waals surface area contributed by atoms with Crippen molar-refractivity contribution in [2.45, 2.75) is 20.0 Å². The molecule has 0 amide bonds. The molecule has 0 unspecified atom stereocenters. The summed E-state index contributed by atoms with van der Waals surface area (Å²) in [6, 6.07) is 4.42. The Hall–Kier alpha value is -1.92. The van der Waals surface area contributed by atoms with Gasteiger partial charge in [0.1, 0.15) is 11.5 Å². The first kappa shape index (κ1) is 16.5. The topological polar surface area (TPSA) is 54.6 Å². The molecule has 120 valence electrons. The van der Waals surface area contributed by atoms with Crippen molar-refractivity contribution in [1.82, 2.24) is 19.8 Å². The number of furan rings is 1. The molecule has 0 saturated carbocycles. The van der Waals surface area contributed by atoms with E-state index >= 15 is 0 Å². The Balaban J connectivity index is 2.02. The molecule has 2 aromatic rings. The molecule has 0 aromatic carbocycles.